The van der Waals surface area contributed by atoms with Crippen molar-refractivity contribution in [3.63, 3.8) is 0 Å². The van der Waals surface area contributed by atoms with Gasteiger partial charge in [0.25, 0.3) is 20.0 Å². The number of aromatic nitrogens is 6. The SMILES string of the molecule is C.C.CNCCN(C)C.COc1cc(Nc2nc3cccnc3nc2NS(=O)(=O)c2cccc(CC(=O)CN(C)CCN(C)C)c2)cc(OC)c1.COc1cc(Nc2nc3cccnc3nc2NS(=O)(=O)c2cccc(N)c2)cc(OC)c1.O=C(Cl)CCl. The van der Waals surface area contributed by atoms with Gasteiger partial charge in [-0.1, -0.05) is 33.1 Å². The van der Waals surface area contributed by atoms with Crippen LogP contribution < -0.4 is 50.1 Å². The zero-order valence-electron chi connectivity index (χ0n) is 49.3. The van der Waals surface area contributed by atoms with E-state index in [4.69, 9.17) is 47.9 Å². The highest BCUT2D eigenvalue weighted by Crippen LogP contribution is 2.33. The quantitative estimate of drug-likeness (QED) is 0.0178. The molecule has 0 spiro atoms. The lowest BCUT2D eigenvalue weighted by Crippen LogP contribution is -2.33. The van der Waals surface area contributed by atoms with Crippen molar-refractivity contribution < 1.29 is 45.4 Å². The first-order valence-electron chi connectivity index (χ1n) is 26.1. The number of Topliss-reactive ketones (excluding diaryl/α,β-unsaturated/α-hetero) is 1. The second kappa shape index (κ2) is 36.1. The number of carbonyl (C=O) groups is 2. The average molecular weight is 1290 g/mol. The first kappa shape index (κ1) is 74.0. The van der Waals surface area contributed by atoms with Crippen LogP contribution in [0.5, 0.6) is 23.0 Å². The lowest BCUT2D eigenvalue weighted by Gasteiger charge is -2.18. The highest BCUT2D eigenvalue weighted by Gasteiger charge is 2.23. The second-order valence-electron chi connectivity index (χ2n) is 19.1. The highest BCUT2D eigenvalue weighted by atomic mass is 35.5. The van der Waals surface area contributed by atoms with Crippen molar-refractivity contribution in [3.05, 3.63) is 127 Å². The number of methoxy groups -OCH3 is 4. The minimum atomic E-state index is -4.12. The summed E-state index contributed by atoms with van der Waals surface area (Å²) in [6, 6.07) is 29.4. The van der Waals surface area contributed by atoms with Crippen molar-refractivity contribution in [1.82, 2.24) is 49.9 Å². The second-order valence-corrected chi connectivity index (χ2v) is 23.1. The van der Waals surface area contributed by atoms with Gasteiger partial charge >= 0.3 is 0 Å². The van der Waals surface area contributed by atoms with Crippen LogP contribution in [0, 0.1) is 0 Å². The van der Waals surface area contributed by atoms with E-state index in [1.165, 1.54) is 52.7 Å². The van der Waals surface area contributed by atoms with Gasteiger partial charge in [-0.25, -0.2) is 46.7 Å². The summed E-state index contributed by atoms with van der Waals surface area (Å²) in [7, 11) is 9.95. The third-order valence-corrected chi connectivity index (χ3v) is 14.8. The number of benzene rings is 4. The molecule has 0 saturated heterocycles. The van der Waals surface area contributed by atoms with Gasteiger partial charge in [0, 0.05) is 98.5 Å². The van der Waals surface area contributed by atoms with E-state index in [2.05, 4.69) is 74.3 Å². The summed E-state index contributed by atoms with van der Waals surface area (Å²) in [5.74, 6) is 2.30. The third kappa shape index (κ3) is 23.8. The smallest absolute Gasteiger partial charge is 0.263 e. The van der Waals surface area contributed by atoms with E-state index in [0.717, 1.165) is 26.2 Å². The molecule has 0 fully saturated rings. The number of rotatable bonds is 25. The number of hydrogen-bond acceptors (Lipinski definition) is 23. The van der Waals surface area contributed by atoms with Gasteiger partial charge in [0.15, 0.2) is 40.3 Å². The number of nitrogens with two attached hydrogens (primary N) is 1. The van der Waals surface area contributed by atoms with Crippen molar-refractivity contribution in [2.75, 3.05) is 135 Å². The van der Waals surface area contributed by atoms with E-state index in [0.29, 0.717) is 56.7 Å². The fourth-order valence-corrected chi connectivity index (χ4v) is 9.53. The Morgan fingerprint density at radius 3 is 1.39 bits per heavy atom. The van der Waals surface area contributed by atoms with E-state index < -0.39 is 25.3 Å². The monoisotopic (exact) mass is 1290 g/mol. The Morgan fingerprint density at radius 1 is 0.568 bits per heavy atom. The van der Waals surface area contributed by atoms with E-state index in [1.54, 1.807) is 97.3 Å². The first-order chi connectivity index (χ1) is 41.0. The van der Waals surface area contributed by atoms with Crippen LogP contribution in [0.15, 0.2) is 131 Å². The first-order valence-corrected chi connectivity index (χ1v) is 30.0. The third-order valence-electron chi connectivity index (χ3n) is 11.6. The van der Waals surface area contributed by atoms with Gasteiger partial charge in [-0.15, -0.1) is 11.6 Å². The molecular formula is C59H79Cl2N15O10S2. The van der Waals surface area contributed by atoms with Gasteiger partial charge in [0.05, 0.1) is 50.7 Å². The highest BCUT2D eigenvalue weighted by molar-refractivity contribution is 7.93. The molecule has 0 unspecified atom stereocenters. The molecule has 4 aromatic carbocycles. The Labute approximate surface area is 525 Å². The van der Waals surface area contributed by atoms with E-state index in [1.807, 2.05) is 38.0 Å². The number of carbonyl (C=O) groups excluding carboxylic acids is 2. The Balaban J connectivity index is 0.000000388. The molecule has 0 atom stereocenters. The minimum Gasteiger partial charge on any atom is -0.497 e. The van der Waals surface area contributed by atoms with Crippen molar-refractivity contribution in [3.8, 4) is 23.0 Å². The largest absolute Gasteiger partial charge is 0.497 e. The van der Waals surface area contributed by atoms with Crippen LogP contribution in [0.2, 0.25) is 0 Å². The number of anilines is 7. The normalized spacial score (nSPS) is 10.9. The minimum absolute atomic E-state index is 0. The molecule has 29 heteroatoms. The van der Waals surface area contributed by atoms with Crippen LogP contribution in [-0.2, 0) is 36.1 Å². The van der Waals surface area contributed by atoms with Gasteiger partial charge < -0.3 is 50.4 Å². The van der Waals surface area contributed by atoms with Gasteiger partial charge in [-0.2, -0.15) is 0 Å². The number of nitrogens with zero attached hydrogens (tertiary/aromatic N) is 9. The summed E-state index contributed by atoms with van der Waals surface area (Å²) in [6.45, 7) is 4.05. The molecule has 4 aromatic heterocycles. The summed E-state index contributed by atoms with van der Waals surface area (Å²) < 4.78 is 79.3. The topological polar surface area (TPSA) is 313 Å². The van der Waals surface area contributed by atoms with Crippen LogP contribution in [0.1, 0.15) is 20.4 Å². The molecule has 7 N–H and O–H groups in total. The molecule has 0 radical (unpaired) electrons. The van der Waals surface area contributed by atoms with E-state index in [-0.39, 0.29) is 83.8 Å². The fraction of sp³-hybridized carbons (Fsp3) is 0.322. The molecule has 0 bridgehead atoms. The number of hydrogen-bond donors (Lipinski definition) is 6. The van der Waals surface area contributed by atoms with Gasteiger partial charge in [0.1, 0.15) is 34.0 Å². The molecular weight excluding hydrogens is 1210 g/mol. The van der Waals surface area contributed by atoms with Crippen molar-refractivity contribution in [2.24, 2.45) is 0 Å². The number of nitrogens with one attached hydrogen (secondary N) is 5. The predicted molar refractivity (Wildman–Crippen MR) is 352 cm³/mol. The summed E-state index contributed by atoms with van der Waals surface area (Å²) in [5.41, 5.74) is 9.26. The van der Waals surface area contributed by atoms with Crippen LogP contribution >= 0.6 is 23.2 Å². The summed E-state index contributed by atoms with van der Waals surface area (Å²) >= 11 is 9.55. The summed E-state index contributed by atoms with van der Waals surface area (Å²) in [4.78, 5) is 54.5. The molecule has 8 aromatic rings. The maximum atomic E-state index is 13.5. The number of halogens is 2. The van der Waals surface area contributed by atoms with Gasteiger partial charge in [0.2, 0.25) is 5.24 Å². The number of nitrogen functional groups attached to an aromatic ring is 1. The fourth-order valence-electron chi connectivity index (χ4n) is 7.38. The molecule has 0 amide bonds. The Kier molecular flexibility index (Phi) is 30.4. The predicted octanol–water partition coefficient (Wildman–Crippen LogP) is 8.39. The standard InChI is InChI=1S/C29H35N7O5S.C21H20N6O4S.C5H14N2.C2H2Cl2O.2CH4/c1-35(2)12-13-36(3)19-22(37)14-20-8-6-9-25(15-20)42(38,39)34-29-28(32-26-10-7-11-30-27(26)33-29)31-21-16-23(40-4)18-24(17-21)41-5;1-30-15-10-14(11-16(12-15)31-2)24-20-21(26-19-18(25-20)7-4-8-23-19)27-32(28,29)17-6-3-5-13(22)9-17;1-6-4-5-7(2)3;3-1-2(4)5;;/h6-11,15-18H,12-14,19H2,1-5H3,(H,31,32)(H,30,33,34);3-12H,22H2,1-2H3,(H,24,25)(H,23,26,27);6H,4-5H2,1-3H3;1H2;2*1H4. The summed E-state index contributed by atoms with van der Waals surface area (Å²) in [5, 5.41) is 8.76. The number of alkyl halides is 1. The van der Waals surface area contributed by atoms with Crippen molar-refractivity contribution in [1.29, 1.82) is 0 Å². The Morgan fingerprint density at radius 2 is 1.00 bits per heavy atom. The number of sulfonamides is 2. The number of fused-ring (bicyclic) bond motifs is 2. The maximum absolute atomic E-state index is 13.5. The zero-order chi connectivity index (χ0) is 63.0. The van der Waals surface area contributed by atoms with Crippen LogP contribution in [0.25, 0.3) is 22.3 Å². The molecule has 0 aliphatic carbocycles. The van der Waals surface area contributed by atoms with Crippen LogP contribution in [0.4, 0.5) is 40.3 Å². The van der Waals surface area contributed by atoms with Gasteiger partial charge in [-0.05, 0) is 114 Å². The number of pyridine rings is 2. The van der Waals surface area contributed by atoms with Gasteiger partial charge in [-0.3, -0.25) is 23.9 Å². The number of ether oxygens (including phenoxy) is 4. The Hall–Kier alpha value is -8.28. The molecule has 0 aliphatic rings. The van der Waals surface area contributed by atoms with Crippen LogP contribution in [-0.4, -0.2) is 182 Å². The number of ketones is 1. The van der Waals surface area contributed by atoms with E-state index >= 15 is 0 Å². The molecule has 476 valence electrons. The molecule has 88 heavy (non-hydrogen) atoms. The molecule has 0 aliphatic heterocycles. The number of likely N-dealkylation sites (N-methyl/N-ethyl adjacent to an activating group) is 4. The van der Waals surface area contributed by atoms with E-state index in [9.17, 15) is 26.4 Å². The molecule has 8 rings (SSSR count). The molecule has 4 heterocycles. The van der Waals surface area contributed by atoms with Crippen LogP contribution in [0.3, 0.4) is 0 Å². The molecule has 0 saturated carbocycles. The summed E-state index contributed by atoms with van der Waals surface area (Å²) in [6.07, 6.45) is 3.21. The molecule has 25 nitrogen and oxygen atoms in total. The lowest BCUT2D eigenvalue weighted by atomic mass is 10.1. The average Bonchev–Trinajstić information content (AvgIpc) is 3.19. The maximum Gasteiger partial charge on any atom is 0.263 e. The zero-order valence-corrected chi connectivity index (χ0v) is 52.4. The lowest BCUT2D eigenvalue weighted by molar-refractivity contribution is -0.119. The Bertz CT molecular complexity index is 3740. The van der Waals surface area contributed by atoms with Crippen molar-refractivity contribution >= 4 is 117 Å². The van der Waals surface area contributed by atoms with Crippen molar-refractivity contribution in [2.45, 2.75) is 31.1 Å².